The summed E-state index contributed by atoms with van der Waals surface area (Å²) in [4.78, 5) is 1.42. The van der Waals surface area contributed by atoms with Crippen molar-refractivity contribution in [2.75, 3.05) is 0 Å². The summed E-state index contributed by atoms with van der Waals surface area (Å²) in [6.45, 7) is 0. The molecule has 10 nitrogen and oxygen atoms in total. The maximum absolute atomic E-state index is 6.01. The van der Waals surface area contributed by atoms with Crippen LogP contribution in [0.25, 0.3) is 0 Å². The molecule has 0 fully saturated rings. The third-order valence-corrected chi connectivity index (χ3v) is 4.44. The molecule has 2 aromatic heterocycles. The van der Waals surface area contributed by atoms with E-state index >= 15 is 0 Å². The molecule has 2 heterocycles. The van der Waals surface area contributed by atoms with Crippen LogP contribution in [0.2, 0.25) is 0 Å². The summed E-state index contributed by atoms with van der Waals surface area (Å²) in [5, 5.41) is 22.9. The molecule has 10 heteroatoms. The van der Waals surface area contributed by atoms with Crippen LogP contribution in [0.5, 0.6) is 0 Å². The zero-order valence-electron chi connectivity index (χ0n) is 17.1. The Bertz CT molecular complexity index is 1010. The van der Waals surface area contributed by atoms with Crippen molar-refractivity contribution in [2.24, 2.45) is 25.6 Å². The van der Waals surface area contributed by atoms with Crippen molar-refractivity contribution in [1.29, 1.82) is 0 Å². The molecule has 0 saturated carbocycles. The first-order valence-corrected chi connectivity index (χ1v) is 9.58. The van der Waals surface area contributed by atoms with E-state index in [0.29, 0.717) is 11.6 Å². The number of aryl methyl sites for hydroxylation is 2. The normalized spacial score (nSPS) is 12.7. The summed E-state index contributed by atoms with van der Waals surface area (Å²) in [6.07, 6.45) is 1.47. The molecule has 0 aliphatic heterocycles. The standard InChI is InChI=1S/2C10H13N5/c1-15-10(12-13-14-15)9(11)7-8-5-3-2-4-6-8;1-15-13-10(12-14-15)9(11)7-8-5-3-2-4-6-8/h2*2-6,9H,7,11H2,1H3. The number of aromatic nitrogens is 8. The van der Waals surface area contributed by atoms with E-state index in [4.69, 9.17) is 11.5 Å². The van der Waals surface area contributed by atoms with Crippen molar-refractivity contribution in [3.63, 3.8) is 0 Å². The van der Waals surface area contributed by atoms with Gasteiger partial charge in [-0.05, 0) is 39.6 Å². The number of tetrazole rings is 2. The van der Waals surface area contributed by atoms with Crippen LogP contribution in [-0.2, 0) is 26.9 Å². The topological polar surface area (TPSA) is 139 Å². The fraction of sp³-hybridized carbons (Fsp3) is 0.300. The van der Waals surface area contributed by atoms with Gasteiger partial charge < -0.3 is 11.5 Å². The summed E-state index contributed by atoms with van der Waals surface area (Å²) in [6, 6.07) is 19.8. The molecule has 0 spiro atoms. The number of rotatable bonds is 6. The molecule has 2 unspecified atom stereocenters. The average Bonchev–Trinajstić information content (AvgIpc) is 3.38. The van der Waals surface area contributed by atoms with Gasteiger partial charge in [0.25, 0.3) is 0 Å². The smallest absolute Gasteiger partial charge is 0.191 e. The second-order valence-electron chi connectivity index (χ2n) is 6.89. The Balaban J connectivity index is 0.000000171. The van der Waals surface area contributed by atoms with E-state index in [1.807, 2.05) is 60.7 Å². The van der Waals surface area contributed by atoms with Gasteiger partial charge in [-0.15, -0.1) is 15.3 Å². The molecule has 156 valence electrons. The van der Waals surface area contributed by atoms with E-state index in [0.717, 1.165) is 12.8 Å². The second-order valence-corrected chi connectivity index (χ2v) is 6.89. The lowest BCUT2D eigenvalue weighted by molar-refractivity contribution is 0.599. The highest BCUT2D eigenvalue weighted by Crippen LogP contribution is 2.12. The molecule has 4 aromatic rings. The number of benzene rings is 2. The third-order valence-electron chi connectivity index (χ3n) is 4.44. The van der Waals surface area contributed by atoms with Gasteiger partial charge in [0, 0.05) is 7.05 Å². The first-order valence-electron chi connectivity index (χ1n) is 9.58. The van der Waals surface area contributed by atoms with Crippen molar-refractivity contribution in [1.82, 2.24) is 40.4 Å². The minimum Gasteiger partial charge on any atom is -0.321 e. The third kappa shape index (κ3) is 6.00. The van der Waals surface area contributed by atoms with Crippen LogP contribution in [0.3, 0.4) is 0 Å². The highest BCUT2D eigenvalue weighted by Gasteiger charge is 2.13. The Labute approximate surface area is 174 Å². The zero-order valence-corrected chi connectivity index (χ0v) is 17.1. The largest absolute Gasteiger partial charge is 0.321 e. The summed E-state index contributed by atoms with van der Waals surface area (Å²) in [7, 11) is 3.52. The van der Waals surface area contributed by atoms with Gasteiger partial charge >= 0.3 is 0 Å². The number of nitrogens with two attached hydrogens (primary N) is 2. The SMILES string of the molecule is Cn1nnc(C(N)Cc2ccccc2)n1.Cn1nnnc1C(N)Cc1ccccc1. The van der Waals surface area contributed by atoms with Crippen molar-refractivity contribution in [2.45, 2.75) is 24.9 Å². The van der Waals surface area contributed by atoms with Gasteiger partial charge in [0.1, 0.15) is 0 Å². The quantitative estimate of drug-likeness (QED) is 0.481. The fourth-order valence-electron chi connectivity index (χ4n) is 2.92. The van der Waals surface area contributed by atoms with Crippen LogP contribution in [0.1, 0.15) is 34.9 Å². The molecule has 2 aromatic carbocycles. The predicted octanol–water partition coefficient (Wildman–Crippen LogP) is 0.905. The summed E-state index contributed by atoms with van der Waals surface area (Å²) in [5.41, 5.74) is 14.3. The van der Waals surface area contributed by atoms with Crippen LogP contribution in [0.15, 0.2) is 60.7 Å². The van der Waals surface area contributed by atoms with E-state index in [1.54, 1.807) is 18.8 Å². The molecule has 30 heavy (non-hydrogen) atoms. The van der Waals surface area contributed by atoms with Gasteiger partial charge in [-0.3, -0.25) is 0 Å². The molecule has 0 aliphatic carbocycles. The summed E-state index contributed by atoms with van der Waals surface area (Å²) >= 11 is 0. The Morgan fingerprint density at radius 3 is 1.80 bits per heavy atom. The minimum atomic E-state index is -0.193. The van der Waals surface area contributed by atoms with Crippen LogP contribution in [0.4, 0.5) is 0 Å². The van der Waals surface area contributed by atoms with Crippen molar-refractivity contribution < 1.29 is 0 Å². The average molecular weight is 406 g/mol. The van der Waals surface area contributed by atoms with E-state index in [-0.39, 0.29) is 12.1 Å². The molecule has 2 atom stereocenters. The lowest BCUT2D eigenvalue weighted by Crippen LogP contribution is -2.18. The minimum absolute atomic E-state index is 0.160. The molecule has 0 radical (unpaired) electrons. The lowest BCUT2D eigenvalue weighted by atomic mass is 10.1. The molecule has 4 N–H and O–H groups in total. The Kier molecular flexibility index (Phi) is 7.30. The van der Waals surface area contributed by atoms with Gasteiger partial charge in [0.15, 0.2) is 11.6 Å². The van der Waals surface area contributed by atoms with E-state index in [9.17, 15) is 0 Å². The highest BCUT2D eigenvalue weighted by molar-refractivity contribution is 5.17. The summed E-state index contributed by atoms with van der Waals surface area (Å²) in [5.74, 6) is 1.29. The summed E-state index contributed by atoms with van der Waals surface area (Å²) < 4.78 is 1.60. The van der Waals surface area contributed by atoms with Gasteiger partial charge in [-0.1, -0.05) is 60.7 Å². The Morgan fingerprint density at radius 2 is 1.33 bits per heavy atom. The van der Waals surface area contributed by atoms with Gasteiger partial charge in [-0.25, -0.2) is 4.68 Å². The van der Waals surface area contributed by atoms with Crippen molar-refractivity contribution in [3.05, 3.63) is 83.4 Å². The molecule has 0 amide bonds. The number of nitrogens with zero attached hydrogens (tertiary/aromatic N) is 8. The molecular weight excluding hydrogens is 380 g/mol. The molecular formula is C20H26N10. The predicted molar refractivity (Wildman–Crippen MR) is 112 cm³/mol. The van der Waals surface area contributed by atoms with Crippen LogP contribution >= 0.6 is 0 Å². The number of hydrogen-bond donors (Lipinski definition) is 2. The second kappa shape index (κ2) is 10.3. The van der Waals surface area contributed by atoms with Gasteiger partial charge in [-0.2, -0.15) is 4.80 Å². The van der Waals surface area contributed by atoms with E-state index in [1.165, 1.54) is 15.9 Å². The fourth-order valence-corrected chi connectivity index (χ4v) is 2.92. The van der Waals surface area contributed by atoms with Crippen molar-refractivity contribution >= 4 is 0 Å². The maximum atomic E-state index is 6.01. The molecule has 0 saturated heterocycles. The van der Waals surface area contributed by atoms with Crippen LogP contribution < -0.4 is 11.5 Å². The molecule has 4 rings (SSSR count). The van der Waals surface area contributed by atoms with Crippen molar-refractivity contribution in [3.8, 4) is 0 Å². The van der Waals surface area contributed by atoms with E-state index < -0.39 is 0 Å². The van der Waals surface area contributed by atoms with Crippen LogP contribution in [-0.4, -0.2) is 40.4 Å². The Hall–Kier alpha value is -3.50. The van der Waals surface area contributed by atoms with E-state index in [2.05, 4.69) is 30.9 Å². The highest BCUT2D eigenvalue weighted by atomic mass is 15.6. The lowest BCUT2D eigenvalue weighted by Gasteiger charge is -2.09. The van der Waals surface area contributed by atoms with Gasteiger partial charge in [0.05, 0.1) is 19.1 Å². The Morgan fingerprint density at radius 1 is 0.767 bits per heavy atom. The van der Waals surface area contributed by atoms with Gasteiger partial charge in [0.2, 0.25) is 0 Å². The first-order chi connectivity index (χ1) is 14.5. The monoisotopic (exact) mass is 406 g/mol. The molecule has 0 aliphatic rings. The first kappa shape index (κ1) is 21.2. The maximum Gasteiger partial charge on any atom is 0.191 e. The zero-order chi connectivity index (χ0) is 21.3. The van der Waals surface area contributed by atoms with Crippen LogP contribution in [0, 0.1) is 0 Å². The number of hydrogen-bond acceptors (Lipinski definition) is 8. The molecule has 0 bridgehead atoms.